The van der Waals surface area contributed by atoms with Crippen LogP contribution in [0.15, 0.2) is 22.9 Å². The smallest absolute Gasteiger partial charge is 0.0959 e. The largest absolute Gasteiger partial charge is 0.387 e. The lowest BCUT2D eigenvalue weighted by Crippen LogP contribution is -2.08. The molecule has 0 radical (unpaired) electrons. The molecule has 0 fully saturated rings. The summed E-state index contributed by atoms with van der Waals surface area (Å²) < 4.78 is 1.91. The Kier molecular flexibility index (Phi) is 4.55. The van der Waals surface area contributed by atoms with Crippen LogP contribution < -0.4 is 0 Å². The fourth-order valence-electron chi connectivity index (χ4n) is 2.07. The highest BCUT2D eigenvalue weighted by Crippen LogP contribution is 2.21. The van der Waals surface area contributed by atoms with Crippen molar-refractivity contribution in [3.8, 4) is 0 Å². The molecule has 4 heteroatoms. The summed E-state index contributed by atoms with van der Waals surface area (Å²) in [4.78, 5) is 0. The summed E-state index contributed by atoms with van der Waals surface area (Å²) in [5.74, 6) is 0. The topological polar surface area (TPSA) is 38.0 Å². The lowest BCUT2D eigenvalue weighted by Gasteiger charge is -2.11. The van der Waals surface area contributed by atoms with Gasteiger partial charge in [0.1, 0.15) is 0 Å². The van der Waals surface area contributed by atoms with Crippen LogP contribution in [0.25, 0.3) is 0 Å². The molecule has 18 heavy (non-hydrogen) atoms. The molecule has 1 N–H and O–H groups in total. The molecule has 0 aromatic carbocycles. The van der Waals surface area contributed by atoms with Gasteiger partial charge in [-0.25, -0.2) is 0 Å². The maximum absolute atomic E-state index is 10.3. The van der Waals surface area contributed by atoms with E-state index in [1.54, 1.807) is 11.3 Å². The molecule has 3 nitrogen and oxygen atoms in total. The van der Waals surface area contributed by atoms with Crippen molar-refractivity contribution in [3.05, 3.63) is 39.8 Å². The van der Waals surface area contributed by atoms with Crippen LogP contribution in [0.1, 0.15) is 43.3 Å². The summed E-state index contributed by atoms with van der Waals surface area (Å²) >= 11 is 1.70. The molecule has 0 saturated carbocycles. The van der Waals surface area contributed by atoms with Crippen molar-refractivity contribution in [2.45, 2.75) is 45.8 Å². The average Bonchev–Trinajstić information content (AvgIpc) is 3.04. The van der Waals surface area contributed by atoms with Crippen LogP contribution in [0.4, 0.5) is 0 Å². The third kappa shape index (κ3) is 3.00. The van der Waals surface area contributed by atoms with Crippen LogP contribution in [-0.4, -0.2) is 14.9 Å². The van der Waals surface area contributed by atoms with Gasteiger partial charge in [0.25, 0.3) is 0 Å². The van der Waals surface area contributed by atoms with Gasteiger partial charge in [0.05, 0.1) is 17.5 Å². The molecular formula is C14H20N2OS. The van der Waals surface area contributed by atoms with Crippen molar-refractivity contribution in [1.29, 1.82) is 0 Å². The van der Waals surface area contributed by atoms with Gasteiger partial charge in [-0.2, -0.15) is 16.4 Å². The number of aromatic nitrogens is 2. The second-order valence-electron chi connectivity index (χ2n) is 4.42. The fourth-order valence-corrected chi connectivity index (χ4v) is 2.77. The minimum atomic E-state index is -0.419. The zero-order chi connectivity index (χ0) is 13.0. The van der Waals surface area contributed by atoms with Gasteiger partial charge in [-0.3, -0.25) is 4.68 Å². The number of thiophene rings is 1. The Morgan fingerprint density at radius 3 is 2.89 bits per heavy atom. The molecule has 2 heterocycles. The van der Waals surface area contributed by atoms with Crippen LogP contribution >= 0.6 is 11.3 Å². The number of aryl methyl sites for hydroxylation is 3. The summed E-state index contributed by atoms with van der Waals surface area (Å²) in [6.45, 7) is 4.95. The molecule has 1 unspecified atom stereocenters. The van der Waals surface area contributed by atoms with Crippen molar-refractivity contribution >= 4 is 11.3 Å². The van der Waals surface area contributed by atoms with Crippen LogP contribution in [0, 0.1) is 0 Å². The van der Waals surface area contributed by atoms with Crippen molar-refractivity contribution in [2.24, 2.45) is 0 Å². The maximum atomic E-state index is 10.3. The summed E-state index contributed by atoms with van der Waals surface area (Å²) in [5.41, 5.74) is 3.31. The van der Waals surface area contributed by atoms with E-state index in [1.807, 2.05) is 10.7 Å². The van der Waals surface area contributed by atoms with Crippen LogP contribution in [0.5, 0.6) is 0 Å². The van der Waals surface area contributed by atoms with Gasteiger partial charge in [0.15, 0.2) is 0 Å². The number of hydrogen-bond acceptors (Lipinski definition) is 3. The Labute approximate surface area is 112 Å². The third-order valence-electron chi connectivity index (χ3n) is 3.15. The maximum Gasteiger partial charge on any atom is 0.0959 e. The van der Waals surface area contributed by atoms with Crippen LogP contribution in [0.3, 0.4) is 0 Å². The summed E-state index contributed by atoms with van der Waals surface area (Å²) in [7, 11) is 0. The van der Waals surface area contributed by atoms with Crippen molar-refractivity contribution in [1.82, 2.24) is 9.78 Å². The van der Waals surface area contributed by atoms with E-state index in [0.717, 1.165) is 37.2 Å². The first kappa shape index (κ1) is 13.3. The Morgan fingerprint density at radius 2 is 2.28 bits per heavy atom. The Balaban J connectivity index is 2.03. The van der Waals surface area contributed by atoms with E-state index in [9.17, 15) is 5.11 Å². The highest BCUT2D eigenvalue weighted by molar-refractivity contribution is 7.07. The van der Waals surface area contributed by atoms with Crippen LogP contribution in [-0.2, 0) is 19.4 Å². The highest BCUT2D eigenvalue weighted by Gasteiger charge is 2.14. The van der Waals surface area contributed by atoms with Gasteiger partial charge in [-0.15, -0.1) is 0 Å². The minimum Gasteiger partial charge on any atom is -0.387 e. The van der Waals surface area contributed by atoms with Gasteiger partial charge in [-0.1, -0.05) is 6.92 Å². The van der Waals surface area contributed by atoms with Crippen molar-refractivity contribution in [2.75, 3.05) is 0 Å². The fraction of sp³-hybridized carbons (Fsp3) is 0.500. The monoisotopic (exact) mass is 264 g/mol. The zero-order valence-corrected chi connectivity index (χ0v) is 11.8. The molecule has 1 atom stereocenters. The van der Waals surface area contributed by atoms with E-state index in [-0.39, 0.29) is 0 Å². The first-order valence-electron chi connectivity index (χ1n) is 6.50. The molecule has 0 saturated heterocycles. The quantitative estimate of drug-likeness (QED) is 0.870. The van der Waals surface area contributed by atoms with Gasteiger partial charge in [0, 0.05) is 6.54 Å². The van der Waals surface area contributed by atoms with Crippen LogP contribution in [0.2, 0.25) is 0 Å². The summed E-state index contributed by atoms with van der Waals surface area (Å²) in [5, 5.41) is 19.0. The lowest BCUT2D eigenvalue weighted by molar-refractivity contribution is 0.157. The van der Waals surface area contributed by atoms with E-state index in [1.165, 1.54) is 5.56 Å². The number of rotatable bonds is 6. The predicted octanol–water partition coefficient (Wildman–Crippen LogP) is 3.19. The first-order chi connectivity index (χ1) is 8.74. The molecule has 2 aromatic rings. The molecule has 2 aromatic heterocycles. The normalized spacial score (nSPS) is 12.8. The summed E-state index contributed by atoms with van der Waals surface area (Å²) in [6, 6.07) is 4.15. The Bertz CT molecular complexity index is 476. The van der Waals surface area contributed by atoms with Gasteiger partial charge < -0.3 is 5.11 Å². The van der Waals surface area contributed by atoms with E-state index in [0.29, 0.717) is 0 Å². The van der Waals surface area contributed by atoms with Crippen molar-refractivity contribution < 1.29 is 5.11 Å². The van der Waals surface area contributed by atoms with Gasteiger partial charge >= 0.3 is 0 Å². The standard InChI is InChI=1S/C14H20N2OS/c1-3-12-9-13(16(4-2)15-12)14(17)6-5-11-7-8-18-10-11/h7-10,14,17H,3-6H2,1-2H3. The Morgan fingerprint density at radius 1 is 1.44 bits per heavy atom. The molecule has 0 amide bonds. The van der Waals surface area contributed by atoms with E-state index in [4.69, 9.17) is 0 Å². The number of nitrogens with zero attached hydrogens (tertiary/aromatic N) is 2. The zero-order valence-electron chi connectivity index (χ0n) is 11.0. The number of aliphatic hydroxyl groups is 1. The lowest BCUT2D eigenvalue weighted by atomic mass is 10.1. The molecular weight excluding hydrogens is 244 g/mol. The second kappa shape index (κ2) is 6.16. The van der Waals surface area contributed by atoms with E-state index < -0.39 is 6.10 Å². The molecule has 0 aliphatic heterocycles. The average molecular weight is 264 g/mol. The third-order valence-corrected chi connectivity index (χ3v) is 3.88. The number of hydrogen-bond donors (Lipinski definition) is 1. The van der Waals surface area contributed by atoms with E-state index in [2.05, 4.69) is 35.8 Å². The minimum absolute atomic E-state index is 0.419. The SMILES string of the molecule is CCc1cc(C(O)CCc2ccsc2)n(CC)n1. The highest BCUT2D eigenvalue weighted by atomic mass is 32.1. The predicted molar refractivity (Wildman–Crippen MR) is 74.9 cm³/mol. The van der Waals surface area contributed by atoms with Gasteiger partial charge in [-0.05, 0) is 54.6 Å². The van der Waals surface area contributed by atoms with Crippen molar-refractivity contribution in [3.63, 3.8) is 0 Å². The molecule has 98 valence electrons. The van der Waals surface area contributed by atoms with E-state index >= 15 is 0 Å². The number of aliphatic hydroxyl groups excluding tert-OH is 1. The second-order valence-corrected chi connectivity index (χ2v) is 5.20. The molecule has 2 rings (SSSR count). The Hall–Kier alpha value is -1.13. The summed E-state index contributed by atoms with van der Waals surface area (Å²) in [6.07, 6.45) is 2.17. The first-order valence-corrected chi connectivity index (χ1v) is 7.44. The molecule has 0 aliphatic rings. The molecule has 0 bridgehead atoms. The van der Waals surface area contributed by atoms with Gasteiger partial charge in [0.2, 0.25) is 0 Å². The molecule has 0 spiro atoms. The molecule has 0 aliphatic carbocycles.